The highest BCUT2D eigenvalue weighted by Crippen LogP contribution is 2.71. The van der Waals surface area contributed by atoms with Crippen LogP contribution < -0.4 is 0 Å². The van der Waals surface area contributed by atoms with E-state index in [2.05, 4.69) is 6.92 Å². The van der Waals surface area contributed by atoms with E-state index in [1.807, 2.05) is 19.1 Å². The molecular weight excluding hydrogens is 478 g/mol. The van der Waals surface area contributed by atoms with Crippen molar-refractivity contribution >= 4 is 21.6 Å². The highest BCUT2D eigenvalue weighted by molar-refractivity contribution is 7.89. The number of allylic oxidation sites excluding steroid dienone is 1. The third-order valence-corrected chi connectivity index (χ3v) is 12.4. The van der Waals surface area contributed by atoms with E-state index in [4.69, 9.17) is 9.47 Å². The Morgan fingerprint density at radius 3 is 2.39 bits per heavy atom. The highest BCUT2D eigenvalue weighted by atomic mass is 32.2. The van der Waals surface area contributed by atoms with Gasteiger partial charge in [-0.25, -0.2) is 8.42 Å². The summed E-state index contributed by atoms with van der Waals surface area (Å²) in [5, 5.41) is 0. The van der Waals surface area contributed by atoms with Gasteiger partial charge in [0.05, 0.1) is 15.7 Å². The van der Waals surface area contributed by atoms with E-state index in [9.17, 15) is 18.0 Å². The first-order chi connectivity index (χ1) is 17.0. The van der Waals surface area contributed by atoms with Gasteiger partial charge in [-0.15, -0.1) is 0 Å². The highest BCUT2D eigenvalue weighted by Gasteiger charge is 2.77. The standard InChI is InChI=1S/C28H35NO6S/c1-18-7-9-20(10-8-18)36(32,33)29-17-25(2)12-5-6-22(30)27(25)15-14-26-13-11-19(16-21(26)23(27)29)28(34-3,35-4)24(26)31/h7-11,13,19,21,23H,5-6,12,14-17H2,1-4H3/t19?,21-,23-,25+,26-,27-/m1/s1. The third kappa shape index (κ3) is 2.66. The fraction of sp³-hybridized carbons (Fsp3) is 0.643. The van der Waals surface area contributed by atoms with Crippen molar-refractivity contribution in [2.24, 2.45) is 28.1 Å². The van der Waals surface area contributed by atoms with Crippen molar-refractivity contribution in [3.8, 4) is 0 Å². The summed E-state index contributed by atoms with van der Waals surface area (Å²) in [6.07, 6.45) is 7.59. The van der Waals surface area contributed by atoms with Gasteiger partial charge in [0.2, 0.25) is 21.6 Å². The number of sulfonamides is 1. The molecule has 194 valence electrons. The molecule has 0 aromatic heterocycles. The van der Waals surface area contributed by atoms with Gasteiger partial charge in [0, 0.05) is 39.1 Å². The molecule has 6 atom stereocenters. The van der Waals surface area contributed by atoms with Gasteiger partial charge in [0.25, 0.3) is 0 Å². The lowest BCUT2D eigenvalue weighted by Gasteiger charge is -2.63. The van der Waals surface area contributed by atoms with Gasteiger partial charge in [0.1, 0.15) is 5.78 Å². The number of methoxy groups -OCH3 is 2. The number of carbonyl (C=O) groups is 2. The molecule has 1 unspecified atom stereocenters. The first-order valence-corrected chi connectivity index (χ1v) is 14.4. The molecule has 2 spiro atoms. The van der Waals surface area contributed by atoms with E-state index < -0.39 is 38.1 Å². The maximum Gasteiger partial charge on any atom is 0.243 e. The fourth-order valence-electron chi connectivity index (χ4n) is 8.83. The van der Waals surface area contributed by atoms with Crippen molar-refractivity contribution in [2.45, 2.75) is 69.1 Å². The normalized spacial score (nSPS) is 41.2. The number of ether oxygens (including phenoxy) is 2. The summed E-state index contributed by atoms with van der Waals surface area (Å²) in [7, 11) is -0.901. The van der Waals surface area contributed by atoms with Gasteiger partial charge in [-0.3, -0.25) is 9.59 Å². The Kier molecular flexibility index (Phi) is 5.16. The Hall–Kier alpha value is -1.87. The zero-order valence-electron chi connectivity index (χ0n) is 21.5. The summed E-state index contributed by atoms with van der Waals surface area (Å²) in [5.74, 6) is -1.98. The number of ketones is 2. The van der Waals surface area contributed by atoms with E-state index in [0.29, 0.717) is 32.2 Å². The number of benzene rings is 1. The summed E-state index contributed by atoms with van der Waals surface area (Å²) in [5.41, 5.74) is -1.18. The van der Waals surface area contributed by atoms with Crippen LogP contribution in [0.15, 0.2) is 41.3 Å². The van der Waals surface area contributed by atoms with Crippen LogP contribution >= 0.6 is 0 Å². The molecule has 7 nitrogen and oxygen atoms in total. The monoisotopic (exact) mass is 513 g/mol. The van der Waals surface area contributed by atoms with Gasteiger partial charge in [0.15, 0.2) is 0 Å². The number of nitrogens with zero attached hydrogens (tertiary/aromatic N) is 1. The summed E-state index contributed by atoms with van der Waals surface area (Å²) in [6, 6.07) is 6.35. The summed E-state index contributed by atoms with van der Waals surface area (Å²) < 4.78 is 41.6. The van der Waals surface area contributed by atoms with E-state index in [0.717, 1.165) is 18.4 Å². The predicted molar refractivity (Wildman–Crippen MR) is 132 cm³/mol. The van der Waals surface area contributed by atoms with Gasteiger partial charge < -0.3 is 9.47 Å². The second-order valence-corrected chi connectivity index (χ2v) is 13.8. The molecule has 36 heavy (non-hydrogen) atoms. The number of carbonyl (C=O) groups excluding carboxylic acids is 2. The fourth-order valence-corrected chi connectivity index (χ4v) is 10.7. The topological polar surface area (TPSA) is 90.0 Å². The average Bonchev–Trinajstić information content (AvgIpc) is 3.17. The largest absolute Gasteiger partial charge is 0.347 e. The van der Waals surface area contributed by atoms with Crippen molar-refractivity contribution in [3.05, 3.63) is 42.0 Å². The first-order valence-electron chi connectivity index (χ1n) is 13.0. The Morgan fingerprint density at radius 1 is 1.03 bits per heavy atom. The van der Waals surface area contributed by atoms with Crippen LogP contribution in [0, 0.1) is 35.0 Å². The van der Waals surface area contributed by atoms with Crippen LogP contribution in [0.3, 0.4) is 0 Å². The molecule has 1 heterocycles. The molecule has 3 saturated carbocycles. The molecule has 0 amide bonds. The molecular formula is C28H35NO6S. The van der Waals surface area contributed by atoms with Crippen molar-refractivity contribution in [3.63, 3.8) is 0 Å². The quantitative estimate of drug-likeness (QED) is 0.451. The molecule has 0 radical (unpaired) electrons. The second-order valence-electron chi connectivity index (χ2n) is 11.9. The van der Waals surface area contributed by atoms with Gasteiger partial charge in [-0.2, -0.15) is 4.31 Å². The number of fused-ring (bicyclic) bond motifs is 1. The smallest absolute Gasteiger partial charge is 0.243 e. The Labute approximate surface area is 213 Å². The number of hydrogen-bond donors (Lipinski definition) is 0. The van der Waals surface area contributed by atoms with Gasteiger partial charge in [-0.1, -0.05) is 36.8 Å². The van der Waals surface area contributed by atoms with Crippen LogP contribution in [0.2, 0.25) is 0 Å². The number of rotatable bonds is 4. The molecule has 0 N–H and O–H groups in total. The van der Waals surface area contributed by atoms with Crippen LogP contribution in [0.1, 0.15) is 51.0 Å². The maximum atomic E-state index is 14.3. The SMILES string of the molecule is COC1(OC)C(=O)[C@@]23C=CC1C[C@@H]2[C@H]1N(S(=O)(=O)c2ccc(C)cc2)C[C@]2(C)CCCC(=O)[C@]12CC3. The van der Waals surface area contributed by atoms with Crippen molar-refractivity contribution in [2.75, 3.05) is 20.8 Å². The third-order valence-electron chi connectivity index (χ3n) is 10.6. The molecule has 1 saturated heterocycles. The van der Waals surface area contributed by atoms with Crippen LogP contribution in [0.4, 0.5) is 0 Å². The van der Waals surface area contributed by atoms with Crippen LogP contribution in [-0.4, -0.2) is 56.9 Å². The van der Waals surface area contributed by atoms with Crippen molar-refractivity contribution in [1.82, 2.24) is 4.31 Å². The molecule has 6 aliphatic rings. The lowest BCUT2D eigenvalue weighted by Crippen LogP contribution is -2.71. The lowest BCUT2D eigenvalue weighted by atomic mass is 9.41. The number of hydrogen-bond acceptors (Lipinski definition) is 6. The van der Waals surface area contributed by atoms with Crippen LogP contribution in [0.25, 0.3) is 0 Å². The molecule has 5 aliphatic carbocycles. The van der Waals surface area contributed by atoms with Crippen LogP contribution in [0.5, 0.6) is 0 Å². The molecule has 1 aliphatic heterocycles. The van der Waals surface area contributed by atoms with E-state index in [1.54, 1.807) is 28.6 Å². The Morgan fingerprint density at radius 2 is 1.72 bits per heavy atom. The van der Waals surface area contributed by atoms with Crippen molar-refractivity contribution in [1.29, 1.82) is 0 Å². The molecule has 4 fully saturated rings. The zero-order valence-corrected chi connectivity index (χ0v) is 22.3. The zero-order chi connectivity index (χ0) is 25.7. The van der Waals surface area contributed by atoms with E-state index in [1.165, 1.54) is 14.2 Å². The minimum absolute atomic E-state index is 0.136. The van der Waals surface area contributed by atoms with E-state index >= 15 is 0 Å². The number of Topliss-reactive ketones (excluding diaryl/α,β-unsaturated/α-hetero) is 2. The molecule has 2 bridgehead atoms. The summed E-state index contributed by atoms with van der Waals surface area (Å²) in [6.45, 7) is 4.33. The minimum Gasteiger partial charge on any atom is -0.347 e. The average molecular weight is 514 g/mol. The first kappa shape index (κ1) is 24.5. The molecule has 1 aromatic rings. The van der Waals surface area contributed by atoms with Crippen LogP contribution in [-0.2, 0) is 29.1 Å². The van der Waals surface area contributed by atoms with Gasteiger partial charge >= 0.3 is 0 Å². The summed E-state index contributed by atoms with van der Waals surface area (Å²) in [4.78, 5) is 28.3. The lowest BCUT2D eigenvalue weighted by molar-refractivity contribution is -0.255. The molecule has 1 aromatic carbocycles. The predicted octanol–water partition coefficient (Wildman–Crippen LogP) is 3.66. The minimum atomic E-state index is -3.90. The second kappa shape index (κ2) is 7.59. The van der Waals surface area contributed by atoms with Gasteiger partial charge in [-0.05, 0) is 62.5 Å². The molecule has 8 heteroatoms. The molecule has 7 rings (SSSR count). The summed E-state index contributed by atoms with van der Waals surface area (Å²) >= 11 is 0. The Balaban J connectivity index is 1.54. The van der Waals surface area contributed by atoms with Crippen molar-refractivity contribution < 1.29 is 27.5 Å². The van der Waals surface area contributed by atoms with E-state index in [-0.39, 0.29) is 28.3 Å². The Bertz CT molecular complexity index is 1270. The number of aryl methyl sites for hydroxylation is 1. The maximum absolute atomic E-state index is 14.3.